The van der Waals surface area contributed by atoms with E-state index in [2.05, 4.69) is 4.99 Å². The van der Waals surface area contributed by atoms with Crippen LogP contribution in [-0.2, 0) is 9.53 Å². The number of hydrogen-bond donors (Lipinski definition) is 0. The third-order valence-corrected chi connectivity index (χ3v) is 7.43. The lowest BCUT2D eigenvalue weighted by molar-refractivity contribution is -0.255. The summed E-state index contributed by atoms with van der Waals surface area (Å²) < 4.78 is 23.6. The molecule has 1 aliphatic rings. The first-order chi connectivity index (χ1) is 19.2. The van der Waals surface area contributed by atoms with Gasteiger partial charge in [-0.05, 0) is 42.8 Å². The number of carboxylic acids is 1. The Kier molecular flexibility index (Phi) is 7.14. The molecule has 11 heteroatoms. The van der Waals surface area contributed by atoms with E-state index in [4.69, 9.17) is 18.6 Å². The highest BCUT2D eigenvalue weighted by Crippen LogP contribution is 2.37. The summed E-state index contributed by atoms with van der Waals surface area (Å²) in [6, 6.07) is 13.8. The Labute approximate surface area is 231 Å². The van der Waals surface area contributed by atoms with Gasteiger partial charge in [-0.2, -0.15) is 0 Å². The number of carboxylic acid groups (broad SMARTS) is 1. The predicted molar refractivity (Wildman–Crippen MR) is 144 cm³/mol. The molecule has 0 saturated heterocycles. The maximum Gasteiger partial charge on any atom is 0.338 e. The van der Waals surface area contributed by atoms with Crippen LogP contribution in [0.25, 0.3) is 17.4 Å². The average Bonchev–Trinajstić information content (AvgIpc) is 3.55. The van der Waals surface area contributed by atoms with Crippen molar-refractivity contribution in [2.75, 3.05) is 21.3 Å². The smallest absolute Gasteiger partial charge is 0.338 e. The first-order valence-electron chi connectivity index (χ1n) is 12.0. The van der Waals surface area contributed by atoms with Crippen molar-refractivity contribution in [3.8, 4) is 22.8 Å². The van der Waals surface area contributed by atoms with E-state index in [-0.39, 0.29) is 11.1 Å². The Morgan fingerprint density at radius 2 is 1.88 bits per heavy atom. The fourth-order valence-electron chi connectivity index (χ4n) is 4.55. The second kappa shape index (κ2) is 10.7. The fraction of sp³-hybridized carbons (Fsp3) is 0.172. The molecule has 1 aliphatic heterocycles. The average molecular weight is 560 g/mol. The first-order valence-corrected chi connectivity index (χ1v) is 12.8. The topological polar surface area (TPSA) is 132 Å². The molecule has 0 saturated carbocycles. The fourth-order valence-corrected chi connectivity index (χ4v) is 5.57. The van der Waals surface area contributed by atoms with Crippen LogP contribution in [0.15, 0.2) is 80.1 Å². The molecule has 3 heterocycles. The number of esters is 1. The Bertz CT molecular complexity index is 1860. The third-order valence-electron chi connectivity index (χ3n) is 6.45. The van der Waals surface area contributed by atoms with Crippen LogP contribution in [-0.4, -0.2) is 37.8 Å². The van der Waals surface area contributed by atoms with Crippen LogP contribution in [0.5, 0.6) is 11.5 Å². The number of allylic oxidation sites excluding steroid dienone is 1. The lowest BCUT2D eigenvalue weighted by atomic mass is 9.95. The number of aromatic nitrogens is 1. The minimum atomic E-state index is -1.29. The molecule has 0 bridgehead atoms. The highest BCUT2D eigenvalue weighted by atomic mass is 32.1. The number of aromatic carboxylic acids is 1. The standard InChI is InChI=1S/C29H24N2O8S/c1-15-24(28(35)38-4)25(20-10-8-18(36-2)13-22(20)37-3)31-26(32)23(40-29(31)30-15)14-19-9-11-21(39-19)16-6-5-7-17(12-16)27(33)34/h5-14,25H,1-4H3,(H,33,34)/p-1/b23-14-/t25-/m0/s1. The van der Waals surface area contributed by atoms with Gasteiger partial charge in [-0.25, -0.2) is 9.79 Å². The zero-order valence-electron chi connectivity index (χ0n) is 21.9. The van der Waals surface area contributed by atoms with E-state index in [0.717, 1.165) is 11.3 Å². The monoisotopic (exact) mass is 559 g/mol. The number of ether oxygens (including phenoxy) is 3. The van der Waals surface area contributed by atoms with E-state index in [1.165, 1.54) is 38.0 Å². The highest BCUT2D eigenvalue weighted by molar-refractivity contribution is 7.07. The van der Waals surface area contributed by atoms with Crippen LogP contribution in [0.1, 0.15) is 34.6 Å². The van der Waals surface area contributed by atoms with Crippen LogP contribution >= 0.6 is 11.3 Å². The molecule has 40 heavy (non-hydrogen) atoms. The number of rotatable bonds is 7. The largest absolute Gasteiger partial charge is 0.545 e. The van der Waals surface area contributed by atoms with Gasteiger partial charge in [0.25, 0.3) is 5.56 Å². The molecule has 0 aliphatic carbocycles. The molecule has 0 unspecified atom stereocenters. The maximum absolute atomic E-state index is 13.8. The van der Waals surface area contributed by atoms with Gasteiger partial charge in [-0.15, -0.1) is 0 Å². The lowest BCUT2D eigenvalue weighted by Crippen LogP contribution is -2.40. The minimum Gasteiger partial charge on any atom is -0.545 e. The third kappa shape index (κ3) is 4.71. The molecule has 1 atom stereocenters. The number of carbonyl (C=O) groups excluding carboxylic acids is 2. The number of hydrogen-bond acceptors (Lipinski definition) is 10. The van der Waals surface area contributed by atoms with Gasteiger partial charge in [0.05, 0.1) is 43.1 Å². The number of methoxy groups -OCH3 is 3. The van der Waals surface area contributed by atoms with Gasteiger partial charge in [0.2, 0.25) is 0 Å². The number of furan rings is 1. The number of benzene rings is 2. The Balaban J connectivity index is 1.65. The highest BCUT2D eigenvalue weighted by Gasteiger charge is 2.35. The van der Waals surface area contributed by atoms with Crippen molar-refractivity contribution in [2.24, 2.45) is 4.99 Å². The molecule has 204 valence electrons. The Hall–Kier alpha value is -4.90. The lowest BCUT2D eigenvalue weighted by Gasteiger charge is -2.25. The zero-order chi connectivity index (χ0) is 28.6. The molecule has 0 spiro atoms. The second-order valence-electron chi connectivity index (χ2n) is 8.75. The van der Waals surface area contributed by atoms with Gasteiger partial charge < -0.3 is 28.5 Å². The van der Waals surface area contributed by atoms with Gasteiger partial charge in [0, 0.05) is 23.3 Å². The van der Waals surface area contributed by atoms with Crippen molar-refractivity contribution in [2.45, 2.75) is 13.0 Å². The van der Waals surface area contributed by atoms with Crippen molar-refractivity contribution in [3.63, 3.8) is 0 Å². The Morgan fingerprint density at radius 1 is 1.07 bits per heavy atom. The van der Waals surface area contributed by atoms with E-state index in [9.17, 15) is 19.5 Å². The van der Waals surface area contributed by atoms with Crippen molar-refractivity contribution in [1.82, 2.24) is 4.57 Å². The van der Waals surface area contributed by atoms with Crippen LogP contribution < -0.4 is 29.5 Å². The molecule has 0 N–H and O–H groups in total. The van der Waals surface area contributed by atoms with Gasteiger partial charge in [0.1, 0.15) is 29.1 Å². The molecule has 2 aromatic heterocycles. The summed E-state index contributed by atoms with van der Waals surface area (Å²) in [5.41, 5.74) is 1.35. The summed E-state index contributed by atoms with van der Waals surface area (Å²) in [6.45, 7) is 1.69. The number of thiazole rings is 1. The van der Waals surface area contributed by atoms with Gasteiger partial charge in [0.15, 0.2) is 4.80 Å². The molecule has 5 rings (SSSR count). The second-order valence-corrected chi connectivity index (χ2v) is 9.76. The molecule has 4 aromatic rings. The number of fused-ring (bicyclic) bond motifs is 1. The van der Waals surface area contributed by atoms with Gasteiger partial charge in [-0.1, -0.05) is 29.5 Å². The van der Waals surface area contributed by atoms with E-state index in [0.29, 0.717) is 49.2 Å². The van der Waals surface area contributed by atoms with E-state index in [1.54, 1.807) is 55.5 Å². The van der Waals surface area contributed by atoms with Crippen LogP contribution in [0.2, 0.25) is 0 Å². The first kappa shape index (κ1) is 26.7. The van der Waals surface area contributed by atoms with Crippen molar-refractivity contribution in [1.29, 1.82) is 0 Å². The Morgan fingerprint density at radius 3 is 2.58 bits per heavy atom. The summed E-state index contributed by atoms with van der Waals surface area (Å²) in [4.78, 5) is 42.9. The maximum atomic E-state index is 13.8. The molecule has 0 amide bonds. The van der Waals surface area contributed by atoms with Crippen molar-refractivity contribution < 1.29 is 33.3 Å². The summed E-state index contributed by atoms with van der Waals surface area (Å²) in [7, 11) is 4.29. The quantitative estimate of drug-likeness (QED) is 0.314. The summed E-state index contributed by atoms with van der Waals surface area (Å²) >= 11 is 1.14. The van der Waals surface area contributed by atoms with Gasteiger partial charge >= 0.3 is 5.97 Å². The zero-order valence-corrected chi connectivity index (χ0v) is 22.7. The van der Waals surface area contributed by atoms with Crippen LogP contribution in [0, 0.1) is 0 Å². The molecular weight excluding hydrogens is 536 g/mol. The normalized spacial score (nSPS) is 14.9. The van der Waals surface area contributed by atoms with Crippen molar-refractivity contribution in [3.05, 3.63) is 102 Å². The molecular formula is C29H23N2O8S-. The summed E-state index contributed by atoms with van der Waals surface area (Å²) in [6.07, 6.45) is 1.58. The molecule has 10 nitrogen and oxygen atoms in total. The molecule has 0 radical (unpaired) electrons. The molecule has 2 aromatic carbocycles. The SMILES string of the molecule is COC(=O)C1=C(C)N=c2s/c(=C\c3ccc(-c4cccc(C(=O)[O-])c4)o3)c(=O)n2[C@H]1c1ccc(OC)cc1OC. The number of nitrogens with zero attached hydrogens (tertiary/aromatic N) is 2. The van der Waals surface area contributed by atoms with Crippen molar-refractivity contribution >= 4 is 29.4 Å². The number of carbonyl (C=O) groups is 2. The summed E-state index contributed by atoms with van der Waals surface area (Å²) in [5, 5.41) is 11.2. The molecule has 0 fully saturated rings. The predicted octanol–water partition coefficient (Wildman–Crippen LogP) is 2.05. The van der Waals surface area contributed by atoms with E-state index < -0.39 is 23.5 Å². The van der Waals surface area contributed by atoms with E-state index in [1.807, 2.05) is 0 Å². The van der Waals surface area contributed by atoms with Crippen LogP contribution in [0.4, 0.5) is 0 Å². The minimum absolute atomic E-state index is 0.0227. The summed E-state index contributed by atoms with van der Waals surface area (Å²) in [5.74, 6) is -0.141. The van der Waals surface area contributed by atoms with Gasteiger partial charge in [-0.3, -0.25) is 9.36 Å². The van der Waals surface area contributed by atoms with E-state index >= 15 is 0 Å². The van der Waals surface area contributed by atoms with Crippen LogP contribution in [0.3, 0.4) is 0 Å².